The van der Waals surface area contributed by atoms with Gasteiger partial charge in [0, 0.05) is 15.8 Å². The lowest BCUT2D eigenvalue weighted by atomic mass is 9.81. The van der Waals surface area contributed by atoms with Crippen LogP contribution in [0.1, 0.15) is 48.7 Å². The van der Waals surface area contributed by atoms with Crippen LogP contribution in [-0.2, 0) is 59.4 Å². The van der Waals surface area contributed by atoms with Gasteiger partial charge in [-0.05, 0) is 81.2 Å². The molecule has 1 unspecified atom stereocenters. The Hall–Kier alpha value is -7.42. The number of pyridine rings is 1. The average molecular weight is 964 g/mol. The molecule has 5 aromatic rings. The van der Waals surface area contributed by atoms with Crippen molar-refractivity contribution in [3.8, 4) is 45.6 Å². The minimum atomic E-state index is -4.75. The van der Waals surface area contributed by atoms with Gasteiger partial charge >= 0.3 is 31.5 Å². The van der Waals surface area contributed by atoms with Gasteiger partial charge in [-0.3, -0.25) is 28.8 Å². The molecule has 0 radical (unpaired) electrons. The van der Waals surface area contributed by atoms with Gasteiger partial charge < -0.3 is 50.0 Å². The van der Waals surface area contributed by atoms with E-state index in [1.807, 2.05) is 4.72 Å². The van der Waals surface area contributed by atoms with Crippen molar-refractivity contribution in [2.75, 3.05) is 32.6 Å². The zero-order chi connectivity index (χ0) is 47.7. The van der Waals surface area contributed by atoms with Crippen molar-refractivity contribution >= 4 is 74.7 Å². The summed E-state index contributed by atoms with van der Waals surface area (Å²) in [6, 6.07) is 10.7. The monoisotopic (exact) mass is 963 g/mol. The number of hydrogen-bond acceptors (Lipinski definition) is 15. The number of rotatable bonds is 16. The topological polar surface area (TPSA) is 355 Å². The summed E-state index contributed by atoms with van der Waals surface area (Å²) < 4.78 is 59.2. The van der Waals surface area contributed by atoms with Crippen molar-refractivity contribution in [2.24, 2.45) is 0 Å². The fourth-order valence-electron chi connectivity index (χ4n) is 7.50. The third-order valence-electron chi connectivity index (χ3n) is 10.1. The van der Waals surface area contributed by atoms with Gasteiger partial charge in [0.25, 0.3) is 21.8 Å². The minimum absolute atomic E-state index is 0.00451. The number of sulfonamides is 1. The number of aromatic nitrogens is 1. The first-order chi connectivity index (χ1) is 31.2. The smallest absolute Gasteiger partial charge is 0.391 e. The van der Waals surface area contributed by atoms with E-state index < -0.39 is 89.5 Å². The molecule has 342 valence electrons. The molecule has 7 rings (SSSR count). The maximum absolute atomic E-state index is 13.8. The zero-order valence-corrected chi connectivity index (χ0v) is 36.3. The molecular weight excluding hydrogens is 930 g/mol. The van der Waals surface area contributed by atoms with Gasteiger partial charge in [-0.1, -0.05) is 0 Å². The Morgan fingerprint density at radius 2 is 1.27 bits per heavy atom. The van der Waals surface area contributed by atoms with Crippen LogP contribution in [0.15, 0.2) is 52.9 Å². The fraction of sp³-hybridized carbons (Fsp3) is 0.220. The predicted molar refractivity (Wildman–Crippen MR) is 228 cm³/mol. The summed E-state index contributed by atoms with van der Waals surface area (Å²) in [4.78, 5) is 91.5. The summed E-state index contributed by atoms with van der Waals surface area (Å²) >= 11 is 0.640. The van der Waals surface area contributed by atoms with E-state index in [2.05, 4.69) is 15.6 Å². The van der Waals surface area contributed by atoms with E-state index in [9.17, 15) is 67.1 Å². The molecule has 4 heterocycles. The Morgan fingerprint density at radius 1 is 0.773 bits per heavy atom. The predicted octanol–water partition coefficient (Wildman–Crippen LogP) is 2.75. The molecule has 0 saturated heterocycles. The second-order valence-corrected chi connectivity index (χ2v) is 19.4. The van der Waals surface area contributed by atoms with Crippen LogP contribution >= 0.6 is 18.9 Å². The van der Waals surface area contributed by atoms with Crippen LogP contribution in [0.25, 0.3) is 32.3 Å². The summed E-state index contributed by atoms with van der Waals surface area (Å²) in [6.07, 6.45) is -3.48. The van der Waals surface area contributed by atoms with Gasteiger partial charge in [-0.25, -0.2) is 18.0 Å². The number of benzene rings is 3. The SMILES string of the molecule is N#Cc1ccc(OP(=O)(O)CNS(=O)(=O)c2cc3cc(-c4cc5c(CC(=O)O)c(c4CC(=O)O)C(=O)NCCO5)c(-c4cc5c(CC(=O)O)c(c4CC(=O)O)C(=O)NCCO5)cc3s2)cn1. The van der Waals surface area contributed by atoms with Gasteiger partial charge in [-0.15, -0.1) is 11.3 Å². The molecule has 0 aliphatic carbocycles. The number of carboxylic acids is 4. The molecule has 4 bridgehead atoms. The van der Waals surface area contributed by atoms with Gasteiger partial charge in [0.05, 0.1) is 56.1 Å². The molecule has 66 heavy (non-hydrogen) atoms. The number of carbonyl (C=O) groups excluding carboxylic acids is 2. The van der Waals surface area contributed by atoms with Crippen molar-refractivity contribution in [3.05, 3.63) is 87.7 Å². The highest BCUT2D eigenvalue weighted by Gasteiger charge is 2.34. The summed E-state index contributed by atoms with van der Waals surface area (Å²) in [5.74, 6) is -7.86. The van der Waals surface area contributed by atoms with Crippen molar-refractivity contribution in [1.82, 2.24) is 20.3 Å². The second-order valence-electron chi connectivity index (χ2n) is 14.5. The molecular formula is C41H34N5O17PS2. The van der Waals surface area contributed by atoms with Crippen LogP contribution < -0.4 is 29.4 Å². The van der Waals surface area contributed by atoms with E-state index >= 15 is 0 Å². The number of nitrogens with zero attached hydrogens (tertiary/aromatic N) is 2. The summed E-state index contributed by atoms with van der Waals surface area (Å²) in [7, 11) is -9.41. The Bertz CT molecular complexity index is 2960. The third-order valence-corrected chi connectivity index (χ3v) is 14.3. The van der Waals surface area contributed by atoms with E-state index in [-0.39, 0.29) is 115 Å². The highest BCUT2D eigenvalue weighted by Crippen LogP contribution is 2.48. The lowest BCUT2D eigenvalue weighted by molar-refractivity contribution is -0.137. The molecule has 2 amide bonds. The van der Waals surface area contributed by atoms with Crippen LogP contribution in [0.4, 0.5) is 0 Å². The van der Waals surface area contributed by atoms with Crippen LogP contribution in [0.2, 0.25) is 0 Å². The van der Waals surface area contributed by atoms with Gasteiger partial charge in [0.1, 0.15) is 52.7 Å². The standard InChI is InChI=1S/C41H34N5O17PS2/c42-16-20-1-2-21(17-45-20)63-64(57,58)18-46-66(59,60)37-8-19-7-22(23-9-30-28(14-35(51)52)38(26(23)12-33(47)48)40(55)43-3-5-61-30)25(11-32(19)65-37)24-10-31-29(15-36(53)54)39(27(24)13-34(49)50)41(56)44-4-6-62-31/h1-2,7-11,17,46H,3-6,12-15,18H2,(H,43,55)(H,44,56)(H,47,48)(H,49,50)(H,51,52)(H,53,54)(H,57,58). The number of nitrogens with one attached hydrogen (secondary N) is 3. The van der Waals surface area contributed by atoms with Gasteiger partial charge in [-0.2, -0.15) is 9.98 Å². The molecule has 25 heteroatoms. The fourth-order valence-corrected chi connectivity index (χ4v) is 11.5. The maximum atomic E-state index is 13.8. The minimum Gasteiger partial charge on any atom is -0.491 e. The Kier molecular flexibility index (Phi) is 13.1. The first kappa shape index (κ1) is 46.6. The number of thiophene rings is 1. The molecule has 0 saturated carbocycles. The van der Waals surface area contributed by atoms with Crippen LogP contribution in [0, 0.1) is 11.3 Å². The number of carbonyl (C=O) groups is 6. The third kappa shape index (κ3) is 9.94. The average Bonchev–Trinajstić information content (AvgIpc) is 3.67. The molecule has 3 aromatic carbocycles. The van der Waals surface area contributed by atoms with Crippen LogP contribution in [-0.4, -0.2) is 107 Å². The molecule has 22 nitrogen and oxygen atoms in total. The van der Waals surface area contributed by atoms with E-state index in [1.165, 1.54) is 42.5 Å². The summed E-state index contributed by atoms with van der Waals surface area (Å²) in [5, 5.41) is 54.5. The highest BCUT2D eigenvalue weighted by atomic mass is 32.2. The molecule has 8 N–H and O–H groups in total. The lowest BCUT2D eigenvalue weighted by Gasteiger charge is -2.26. The largest absolute Gasteiger partial charge is 0.491 e. The molecule has 2 aliphatic heterocycles. The van der Waals surface area contributed by atoms with Crippen molar-refractivity contribution < 1.29 is 81.1 Å². The quantitative estimate of drug-likeness (QED) is 0.0659. The number of fused-ring (bicyclic) bond motifs is 5. The van der Waals surface area contributed by atoms with E-state index in [0.717, 1.165) is 6.20 Å². The van der Waals surface area contributed by atoms with Gasteiger partial charge in [0.15, 0.2) is 0 Å². The maximum Gasteiger partial charge on any atom is 0.391 e. The number of amides is 2. The Balaban J connectivity index is 1.50. The Labute approximate surface area is 376 Å². The van der Waals surface area contributed by atoms with Crippen molar-refractivity contribution in [1.29, 1.82) is 5.26 Å². The lowest BCUT2D eigenvalue weighted by Crippen LogP contribution is -2.33. The first-order valence-corrected chi connectivity index (χ1v) is 23.3. The van der Waals surface area contributed by atoms with E-state index in [1.54, 1.807) is 6.07 Å². The summed E-state index contributed by atoms with van der Waals surface area (Å²) in [6.45, 7) is -0.397. The van der Waals surface area contributed by atoms with E-state index in [0.29, 0.717) is 11.3 Å². The van der Waals surface area contributed by atoms with Crippen LogP contribution in [0.5, 0.6) is 17.2 Å². The number of nitriles is 1. The second kappa shape index (κ2) is 18.6. The Morgan fingerprint density at radius 3 is 1.74 bits per heavy atom. The number of hydrogen-bond donors (Lipinski definition) is 8. The number of carboxylic acid groups (broad SMARTS) is 4. The van der Waals surface area contributed by atoms with Crippen molar-refractivity contribution in [2.45, 2.75) is 29.9 Å². The highest BCUT2D eigenvalue weighted by molar-refractivity contribution is 7.92. The molecule has 2 aromatic heterocycles. The van der Waals surface area contributed by atoms with Crippen molar-refractivity contribution in [3.63, 3.8) is 0 Å². The molecule has 1 atom stereocenters. The molecule has 0 spiro atoms. The van der Waals surface area contributed by atoms with Crippen LogP contribution in [0.3, 0.4) is 0 Å². The molecule has 2 aliphatic rings. The molecule has 0 fully saturated rings. The number of aliphatic carboxylic acids is 4. The summed E-state index contributed by atoms with van der Waals surface area (Å²) in [5.41, 5.74) is -1.58. The first-order valence-electron chi connectivity index (χ1n) is 19.3. The normalized spacial score (nSPS) is 14.4. The van der Waals surface area contributed by atoms with Gasteiger partial charge in [0.2, 0.25) is 0 Å². The number of ether oxygens (including phenoxy) is 2. The van der Waals surface area contributed by atoms with E-state index in [4.69, 9.17) is 19.3 Å². The zero-order valence-electron chi connectivity index (χ0n) is 33.8.